The highest BCUT2D eigenvalue weighted by molar-refractivity contribution is 6.08. The molecule has 1 aliphatic carbocycles. The van der Waals surface area contributed by atoms with Crippen molar-refractivity contribution in [1.82, 2.24) is 4.98 Å². The second kappa shape index (κ2) is 7.28. The Morgan fingerprint density at radius 3 is 2.46 bits per heavy atom. The molecule has 0 radical (unpaired) electrons. The van der Waals surface area contributed by atoms with E-state index in [-0.39, 0.29) is 5.97 Å². The summed E-state index contributed by atoms with van der Waals surface area (Å²) in [7, 11) is 0. The van der Waals surface area contributed by atoms with Gasteiger partial charge in [0.1, 0.15) is 0 Å². The van der Waals surface area contributed by atoms with Gasteiger partial charge < -0.3 is 4.74 Å². The lowest BCUT2D eigenvalue weighted by atomic mass is 9.89. The van der Waals surface area contributed by atoms with E-state index < -0.39 is 0 Å². The van der Waals surface area contributed by atoms with E-state index >= 15 is 0 Å². The molecule has 0 aliphatic heterocycles. The Bertz CT molecular complexity index is 928. The van der Waals surface area contributed by atoms with Gasteiger partial charge in [0.15, 0.2) is 0 Å². The number of ether oxygens (including phenoxy) is 1. The van der Waals surface area contributed by atoms with Crippen molar-refractivity contribution in [3.05, 3.63) is 65.9 Å². The van der Waals surface area contributed by atoms with Crippen molar-refractivity contribution in [1.29, 1.82) is 0 Å². The summed E-state index contributed by atoms with van der Waals surface area (Å²) in [5.41, 5.74) is 4.51. The van der Waals surface area contributed by atoms with Gasteiger partial charge in [-0.05, 0) is 31.4 Å². The normalized spacial score (nSPS) is 14.7. The largest absolute Gasteiger partial charge is 0.462 e. The molecule has 3 nitrogen and oxygen atoms in total. The quantitative estimate of drug-likeness (QED) is 0.566. The van der Waals surface area contributed by atoms with E-state index in [1.54, 1.807) is 0 Å². The van der Waals surface area contributed by atoms with Gasteiger partial charge >= 0.3 is 5.97 Å². The van der Waals surface area contributed by atoms with Crippen LogP contribution in [0, 0.1) is 0 Å². The number of rotatable bonds is 4. The van der Waals surface area contributed by atoms with Crippen LogP contribution in [-0.4, -0.2) is 17.6 Å². The van der Waals surface area contributed by atoms with Crippen molar-refractivity contribution in [3.8, 4) is 11.1 Å². The van der Waals surface area contributed by atoms with Crippen LogP contribution in [0.25, 0.3) is 22.0 Å². The predicted molar refractivity (Wildman–Crippen MR) is 104 cm³/mol. The summed E-state index contributed by atoms with van der Waals surface area (Å²) in [4.78, 5) is 17.9. The molecule has 3 heteroatoms. The third-order valence-electron chi connectivity index (χ3n) is 5.20. The molecular formula is C23H23NO2. The number of carbonyl (C=O) groups is 1. The lowest BCUT2D eigenvalue weighted by Gasteiger charge is -2.19. The van der Waals surface area contributed by atoms with Gasteiger partial charge in [0, 0.05) is 16.9 Å². The highest BCUT2D eigenvalue weighted by atomic mass is 16.5. The van der Waals surface area contributed by atoms with Gasteiger partial charge in [-0.25, -0.2) is 4.79 Å². The lowest BCUT2D eigenvalue weighted by molar-refractivity contribution is 0.0525. The smallest absolute Gasteiger partial charge is 0.340 e. The van der Waals surface area contributed by atoms with Crippen molar-refractivity contribution in [3.63, 3.8) is 0 Å². The summed E-state index contributed by atoms with van der Waals surface area (Å²) in [5, 5.41) is 1.00. The minimum absolute atomic E-state index is 0.258. The van der Waals surface area contributed by atoms with E-state index in [2.05, 4.69) is 12.1 Å². The highest BCUT2D eigenvalue weighted by Crippen LogP contribution is 2.41. The molecule has 0 unspecified atom stereocenters. The molecule has 0 amide bonds. The Labute approximate surface area is 154 Å². The van der Waals surface area contributed by atoms with Gasteiger partial charge in [-0.15, -0.1) is 0 Å². The Kier molecular flexibility index (Phi) is 4.70. The average Bonchev–Trinajstić information content (AvgIpc) is 3.22. The third-order valence-corrected chi connectivity index (χ3v) is 5.20. The topological polar surface area (TPSA) is 39.2 Å². The maximum atomic E-state index is 13.0. The second-order valence-corrected chi connectivity index (χ2v) is 6.83. The number of para-hydroxylation sites is 1. The van der Waals surface area contributed by atoms with Crippen molar-refractivity contribution >= 4 is 16.9 Å². The summed E-state index contributed by atoms with van der Waals surface area (Å²) >= 11 is 0. The fourth-order valence-corrected chi connectivity index (χ4v) is 4.04. The molecular weight excluding hydrogens is 322 g/mol. The first kappa shape index (κ1) is 16.8. The molecule has 4 rings (SSSR count). The maximum absolute atomic E-state index is 13.0. The Hall–Kier alpha value is -2.68. The summed E-state index contributed by atoms with van der Waals surface area (Å²) in [6.45, 7) is 2.22. The molecule has 1 fully saturated rings. The van der Waals surface area contributed by atoms with Crippen LogP contribution < -0.4 is 0 Å². The van der Waals surface area contributed by atoms with E-state index in [1.807, 2.05) is 49.4 Å². The Morgan fingerprint density at radius 2 is 1.73 bits per heavy atom. The number of nitrogens with zero attached hydrogens (tertiary/aromatic N) is 1. The minimum Gasteiger partial charge on any atom is -0.462 e. The lowest BCUT2D eigenvalue weighted by Crippen LogP contribution is -2.14. The molecule has 1 aliphatic rings. The number of fused-ring (bicyclic) bond motifs is 1. The Balaban J connectivity index is 2.06. The molecule has 132 valence electrons. The average molecular weight is 345 g/mol. The first-order valence-corrected chi connectivity index (χ1v) is 9.44. The second-order valence-electron chi connectivity index (χ2n) is 6.83. The number of esters is 1. The van der Waals surface area contributed by atoms with E-state index in [0.717, 1.165) is 40.6 Å². The fraction of sp³-hybridized carbons (Fsp3) is 0.304. The number of hydrogen-bond acceptors (Lipinski definition) is 3. The van der Waals surface area contributed by atoms with Crippen molar-refractivity contribution in [2.24, 2.45) is 0 Å². The number of benzene rings is 2. The van der Waals surface area contributed by atoms with Crippen LogP contribution in [-0.2, 0) is 4.74 Å². The standard InChI is InChI=1S/C23H23NO2/c1-2-26-23(25)21-20(16-10-4-3-5-11-16)18-14-8-9-15-19(18)24-22(21)17-12-6-7-13-17/h3-5,8-11,14-15,17H,2,6-7,12-13H2,1H3. The zero-order valence-corrected chi connectivity index (χ0v) is 15.1. The molecule has 3 aromatic rings. The molecule has 1 saturated carbocycles. The summed E-state index contributed by atoms with van der Waals surface area (Å²) in [5.74, 6) is 0.0768. The van der Waals surface area contributed by atoms with E-state index in [4.69, 9.17) is 9.72 Å². The highest BCUT2D eigenvalue weighted by Gasteiger charge is 2.29. The van der Waals surface area contributed by atoms with Gasteiger partial charge in [0.25, 0.3) is 0 Å². The molecule has 0 bridgehead atoms. The molecule has 0 spiro atoms. The van der Waals surface area contributed by atoms with Crippen molar-refractivity contribution in [2.45, 2.75) is 38.5 Å². The van der Waals surface area contributed by atoms with Crippen molar-refractivity contribution in [2.75, 3.05) is 6.61 Å². The summed E-state index contributed by atoms with van der Waals surface area (Å²) in [6.07, 6.45) is 4.57. The molecule has 1 aromatic heterocycles. The third kappa shape index (κ3) is 2.98. The number of carbonyl (C=O) groups excluding carboxylic acids is 1. The number of hydrogen-bond donors (Lipinski definition) is 0. The number of pyridine rings is 1. The maximum Gasteiger partial charge on any atom is 0.340 e. The summed E-state index contributed by atoms with van der Waals surface area (Å²) in [6, 6.07) is 18.2. The van der Waals surface area contributed by atoms with Crippen LogP contribution in [0.1, 0.15) is 54.6 Å². The van der Waals surface area contributed by atoms with E-state index in [1.165, 1.54) is 12.8 Å². The van der Waals surface area contributed by atoms with Crippen LogP contribution in [0.3, 0.4) is 0 Å². The Morgan fingerprint density at radius 1 is 1.04 bits per heavy atom. The van der Waals surface area contributed by atoms with Crippen LogP contribution >= 0.6 is 0 Å². The van der Waals surface area contributed by atoms with E-state index in [9.17, 15) is 4.79 Å². The summed E-state index contributed by atoms with van der Waals surface area (Å²) < 4.78 is 5.46. The zero-order chi connectivity index (χ0) is 17.9. The molecule has 0 saturated heterocycles. The molecule has 0 N–H and O–H groups in total. The zero-order valence-electron chi connectivity index (χ0n) is 15.1. The van der Waals surface area contributed by atoms with Gasteiger partial charge in [0.2, 0.25) is 0 Å². The van der Waals surface area contributed by atoms with Crippen LogP contribution in [0.5, 0.6) is 0 Å². The molecule has 1 heterocycles. The van der Waals surface area contributed by atoms with Crippen LogP contribution in [0.2, 0.25) is 0 Å². The minimum atomic E-state index is -0.258. The molecule has 2 aromatic carbocycles. The first-order chi connectivity index (χ1) is 12.8. The number of aromatic nitrogens is 1. The molecule has 0 atom stereocenters. The van der Waals surface area contributed by atoms with E-state index in [0.29, 0.717) is 18.1 Å². The van der Waals surface area contributed by atoms with Gasteiger partial charge in [-0.3, -0.25) is 4.98 Å². The monoisotopic (exact) mass is 345 g/mol. The SMILES string of the molecule is CCOC(=O)c1c(C2CCCC2)nc2ccccc2c1-c1ccccc1. The first-order valence-electron chi connectivity index (χ1n) is 9.44. The van der Waals surface area contributed by atoms with Crippen LogP contribution in [0.15, 0.2) is 54.6 Å². The predicted octanol–water partition coefficient (Wildman–Crippen LogP) is 5.74. The van der Waals surface area contributed by atoms with Crippen molar-refractivity contribution < 1.29 is 9.53 Å². The fourth-order valence-electron chi connectivity index (χ4n) is 4.04. The molecule has 26 heavy (non-hydrogen) atoms. The van der Waals surface area contributed by atoms with Crippen LogP contribution in [0.4, 0.5) is 0 Å². The van der Waals surface area contributed by atoms with Gasteiger partial charge in [-0.2, -0.15) is 0 Å². The van der Waals surface area contributed by atoms with Gasteiger partial charge in [0.05, 0.1) is 23.4 Å². The van der Waals surface area contributed by atoms with Gasteiger partial charge in [-0.1, -0.05) is 61.4 Å².